The van der Waals surface area contributed by atoms with Crippen molar-refractivity contribution >= 4 is 35.3 Å². The number of amides is 2. The van der Waals surface area contributed by atoms with Crippen molar-refractivity contribution in [1.29, 1.82) is 0 Å². The van der Waals surface area contributed by atoms with Crippen molar-refractivity contribution in [3.63, 3.8) is 0 Å². The molecule has 0 radical (unpaired) electrons. The minimum Gasteiger partial charge on any atom is -0.284 e. The summed E-state index contributed by atoms with van der Waals surface area (Å²) in [5.74, 6) is -0.372. The minimum atomic E-state index is -0.487. The number of pyridine rings is 2. The molecule has 0 saturated carbocycles. The van der Waals surface area contributed by atoms with Crippen molar-refractivity contribution in [3.05, 3.63) is 48.8 Å². The molecule has 1 aliphatic rings. The van der Waals surface area contributed by atoms with Crippen LogP contribution in [0.15, 0.2) is 58.8 Å². The Morgan fingerprint density at radius 1 is 0.864 bits per heavy atom. The third kappa shape index (κ3) is 3.00. The first kappa shape index (κ1) is 15.1. The van der Waals surface area contributed by atoms with Crippen molar-refractivity contribution in [2.24, 2.45) is 0 Å². The fourth-order valence-electron chi connectivity index (χ4n) is 2.07. The molecule has 2 atom stereocenters. The Bertz CT molecular complexity index is 622. The van der Waals surface area contributed by atoms with Crippen LogP contribution in [0.1, 0.15) is 0 Å². The monoisotopic (exact) mass is 331 g/mol. The second kappa shape index (κ2) is 6.50. The average molecular weight is 331 g/mol. The lowest BCUT2D eigenvalue weighted by Crippen LogP contribution is -2.26. The highest BCUT2D eigenvalue weighted by molar-refractivity contribution is 8.04. The molecule has 3 heterocycles. The molecule has 0 N–H and O–H groups in total. The normalized spacial score (nSPS) is 21.4. The molecule has 112 valence electrons. The van der Waals surface area contributed by atoms with E-state index in [1.807, 2.05) is 36.4 Å². The van der Waals surface area contributed by atoms with Gasteiger partial charge in [0.25, 0.3) is 0 Å². The molecule has 3 rings (SSSR count). The van der Waals surface area contributed by atoms with Gasteiger partial charge >= 0.3 is 0 Å². The van der Waals surface area contributed by atoms with Crippen LogP contribution in [-0.4, -0.2) is 44.2 Å². The van der Waals surface area contributed by atoms with E-state index in [9.17, 15) is 9.59 Å². The van der Waals surface area contributed by atoms with Crippen LogP contribution in [0.2, 0.25) is 0 Å². The Balaban J connectivity index is 1.84. The van der Waals surface area contributed by atoms with Crippen LogP contribution in [0.4, 0.5) is 0 Å². The summed E-state index contributed by atoms with van der Waals surface area (Å²) in [6, 6.07) is 11.0. The van der Waals surface area contributed by atoms with Crippen LogP contribution in [0, 0.1) is 0 Å². The summed E-state index contributed by atoms with van der Waals surface area (Å²) in [5, 5.41) is 0.491. The first-order valence-corrected chi connectivity index (χ1v) is 8.39. The Kier molecular flexibility index (Phi) is 4.44. The number of imide groups is 1. The van der Waals surface area contributed by atoms with E-state index in [-0.39, 0.29) is 11.8 Å². The molecule has 2 aromatic heterocycles. The van der Waals surface area contributed by atoms with Gasteiger partial charge in [-0.3, -0.25) is 14.5 Å². The summed E-state index contributed by atoms with van der Waals surface area (Å²) in [7, 11) is 1.52. The number of thioether (sulfide) groups is 2. The third-order valence-corrected chi connectivity index (χ3v) is 5.79. The summed E-state index contributed by atoms with van der Waals surface area (Å²) >= 11 is 2.64. The zero-order valence-corrected chi connectivity index (χ0v) is 13.4. The average Bonchev–Trinajstić information content (AvgIpc) is 2.75. The zero-order chi connectivity index (χ0) is 15.5. The van der Waals surface area contributed by atoms with Gasteiger partial charge in [0.2, 0.25) is 11.8 Å². The van der Waals surface area contributed by atoms with Crippen LogP contribution < -0.4 is 0 Å². The summed E-state index contributed by atoms with van der Waals surface area (Å²) in [5.41, 5.74) is 0. The van der Waals surface area contributed by atoms with Crippen molar-refractivity contribution < 1.29 is 9.59 Å². The van der Waals surface area contributed by atoms with Crippen molar-refractivity contribution in [3.8, 4) is 0 Å². The Hall–Kier alpha value is -1.86. The maximum absolute atomic E-state index is 12.3. The van der Waals surface area contributed by atoms with E-state index in [4.69, 9.17) is 0 Å². The molecule has 0 bridgehead atoms. The predicted molar refractivity (Wildman–Crippen MR) is 85.5 cm³/mol. The van der Waals surface area contributed by atoms with Crippen molar-refractivity contribution in [2.45, 2.75) is 20.6 Å². The molecule has 1 fully saturated rings. The Labute approximate surface area is 136 Å². The highest BCUT2D eigenvalue weighted by Gasteiger charge is 2.47. The highest BCUT2D eigenvalue weighted by Crippen LogP contribution is 2.38. The number of hydrogen-bond acceptors (Lipinski definition) is 6. The van der Waals surface area contributed by atoms with Gasteiger partial charge in [-0.05, 0) is 24.3 Å². The van der Waals surface area contributed by atoms with E-state index in [1.54, 1.807) is 12.4 Å². The molecule has 2 amide bonds. The van der Waals surface area contributed by atoms with Gasteiger partial charge < -0.3 is 0 Å². The van der Waals surface area contributed by atoms with E-state index in [0.29, 0.717) is 0 Å². The van der Waals surface area contributed by atoms with Crippen LogP contribution >= 0.6 is 23.5 Å². The lowest BCUT2D eigenvalue weighted by molar-refractivity contribution is -0.136. The zero-order valence-electron chi connectivity index (χ0n) is 11.7. The maximum atomic E-state index is 12.3. The first-order valence-electron chi connectivity index (χ1n) is 6.63. The lowest BCUT2D eigenvalue weighted by Gasteiger charge is -2.13. The topological polar surface area (TPSA) is 63.2 Å². The fourth-order valence-corrected chi connectivity index (χ4v) is 4.48. The van der Waals surface area contributed by atoms with Gasteiger partial charge in [-0.25, -0.2) is 9.97 Å². The second-order valence-corrected chi connectivity index (χ2v) is 6.97. The molecule has 5 nitrogen and oxygen atoms in total. The SMILES string of the molecule is CN1C(=O)C(Sc2ccccn2)C(Sc2ccccn2)C1=O. The smallest absolute Gasteiger partial charge is 0.244 e. The molecule has 0 spiro atoms. The van der Waals surface area contributed by atoms with E-state index in [2.05, 4.69) is 9.97 Å². The van der Waals surface area contributed by atoms with Gasteiger partial charge in [0, 0.05) is 19.4 Å². The summed E-state index contributed by atoms with van der Waals surface area (Å²) in [6.07, 6.45) is 3.35. The number of likely N-dealkylation sites (tertiary alicyclic amines) is 1. The molecular formula is C15H13N3O2S2. The van der Waals surface area contributed by atoms with Gasteiger partial charge in [-0.15, -0.1) is 0 Å². The number of rotatable bonds is 4. The Morgan fingerprint density at radius 3 is 1.68 bits per heavy atom. The van der Waals surface area contributed by atoms with Gasteiger partial charge in [-0.1, -0.05) is 35.7 Å². The molecular weight excluding hydrogens is 318 g/mol. The minimum absolute atomic E-state index is 0.186. The molecule has 22 heavy (non-hydrogen) atoms. The molecule has 2 unspecified atom stereocenters. The third-order valence-electron chi connectivity index (χ3n) is 3.19. The summed E-state index contributed by atoms with van der Waals surface area (Å²) in [4.78, 5) is 34.3. The van der Waals surface area contributed by atoms with Crippen LogP contribution in [0.3, 0.4) is 0 Å². The molecule has 1 saturated heterocycles. The van der Waals surface area contributed by atoms with E-state index < -0.39 is 10.5 Å². The lowest BCUT2D eigenvalue weighted by atomic mass is 10.3. The van der Waals surface area contributed by atoms with E-state index in [1.165, 1.54) is 35.5 Å². The largest absolute Gasteiger partial charge is 0.284 e. The van der Waals surface area contributed by atoms with Gasteiger partial charge in [0.05, 0.1) is 10.1 Å². The van der Waals surface area contributed by atoms with Gasteiger partial charge in [-0.2, -0.15) is 0 Å². The molecule has 0 aromatic carbocycles. The highest BCUT2D eigenvalue weighted by atomic mass is 32.2. The Morgan fingerprint density at radius 2 is 1.32 bits per heavy atom. The quantitative estimate of drug-likeness (QED) is 0.800. The van der Waals surface area contributed by atoms with Crippen molar-refractivity contribution in [1.82, 2.24) is 14.9 Å². The van der Waals surface area contributed by atoms with Gasteiger partial charge in [0.1, 0.15) is 10.5 Å². The van der Waals surface area contributed by atoms with E-state index >= 15 is 0 Å². The number of carbonyl (C=O) groups excluding carboxylic acids is 2. The fraction of sp³-hybridized carbons (Fsp3) is 0.200. The van der Waals surface area contributed by atoms with Crippen LogP contribution in [0.25, 0.3) is 0 Å². The van der Waals surface area contributed by atoms with Crippen molar-refractivity contribution in [2.75, 3.05) is 7.05 Å². The first-order chi connectivity index (χ1) is 10.7. The van der Waals surface area contributed by atoms with Crippen LogP contribution in [0.5, 0.6) is 0 Å². The summed E-state index contributed by atoms with van der Waals surface area (Å²) < 4.78 is 0. The summed E-state index contributed by atoms with van der Waals surface area (Å²) in [6.45, 7) is 0. The number of carbonyl (C=O) groups is 2. The predicted octanol–water partition coefficient (Wildman–Crippen LogP) is 2.10. The molecule has 0 aliphatic carbocycles. The molecule has 2 aromatic rings. The number of aromatic nitrogens is 2. The molecule has 1 aliphatic heterocycles. The maximum Gasteiger partial charge on any atom is 0.244 e. The molecule has 7 heteroatoms. The van der Waals surface area contributed by atoms with E-state index in [0.717, 1.165) is 10.1 Å². The standard InChI is InChI=1S/C15H13N3O2S2/c1-18-14(19)12(21-10-6-2-4-8-16-10)13(15(18)20)22-11-7-3-5-9-17-11/h2-9,12-13H,1H3. The second-order valence-electron chi connectivity index (χ2n) is 4.65. The van der Waals surface area contributed by atoms with Gasteiger partial charge in [0.15, 0.2) is 0 Å². The van der Waals surface area contributed by atoms with Crippen LogP contribution in [-0.2, 0) is 9.59 Å². The number of nitrogens with zero attached hydrogens (tertiary/aromatic N) is 3. The number of hydrogen-bond donors (Lipinski definition) is 0.